The van der Waals surface area contributed by atoms with Crippen LogP contribution in [0, 0.1) is 0 Å². The molecule has 4 aliphatic rings. The van der Waals surface area contributed by atoms with Crippen molar-refractivity contribution < 1.29 is 19.1 Å². The first-order chi connectivity index (χ1) is 14.6. The second-order valence-corrected chi connectivity index (χ2v) is 8.78. The summed E-state index contributed by atoms with van der Waals surface area (Å²) in [6.07, 6.45) is 2.68. The van der Waals surface area contributed by atoms with Gasteiger partial charge in [-0.05, 0) is 36.5 Å². The molecule has 5 rings (SSSR count). The molecule has 1 aromatic carbocycles. The van der Waals surface area contributed by atoms with Crippen LogP contribution in [-0.2, 0) is 27.4 Å². The van der Waals surface area contributed by atoms with E-state index in [-0.39, 0.29) is 29.7 Å². The molecule has 30 heavy (non-hydrogen) atoms. The lowest BCUT2D eigenvalue weighted by Crippen LogP contribution is -2.62. The zero-order valence-electron chi connectivity index (χ0n) is 17.1. The molecule has 3 saturated heterocycles. The number of amides is 3. The fraction of sp³-hybridized carbons (Fsp3) is 0.591. The van der Waals surface area contributed by atoms with Gasteiger partial charge in [0.2, 0.25) is 11.8 Å². The van der Waals surface area contributed by atoms with Crippen LogP contribution in [-0.4, -0.2) is 72.0 Å². The van der Waals surface area contributed by atoms with Crippen LogP contribution in [0.3, 0.4) is 0 Å². The van der Waals surface area contributed by atoms with Crippen LogP contribution in [0.15, 0.2) is 18.2 Å². The van der Waals surface area contributed by atoms with Crippen molar-refractivity contribution in [2.75, 3.05) is 32.8 Å². The highest BCUT2D eigenvalue weighted by Gasteiger charge is 2.42. The Morgan fingerprint density at radius 3 is 2.80 bits per heavy atom. The highest BCUT2D eigenvalue weighted by atomic mass is 16.5. The van der Waals surface area contributed by atoms with E-state index in [1.807, 2.05) is 12.1 Å². The van der Waals surface area contributed by atoms with E-state index >= 15 is 0 Å². The van der Waals surface area contributed by atoms with E-state index in [0.717, 1.165) is 63.4 Å². The first kappa shape index (κ1) is 19.7. The smallest absolute Gasteiger partial charge is 0.255 e. The standard InChI is InChI=1S/C22H28N4O4/c27-19-5-4-18(20(28)24-19)26-13-17-15(2-1-3-16(17)21(26)29)12-25-9-8-23-14-22(25)6-10-30-11-7-22/h1-3,18,23H,4-14H2,(H,24,27,28). The normalized spacial score (nSPS) is 26.7. The van der Waals surface area contributed by atoms with Crippen LogP contribution >= 0.6 is 0 Å². The maximum absolute atomic E-state index is 13.1. The third kappa shape index (κ3) is 3.33. The quantitative estimate of drug-likeness (QED) is 0.699. The highest BCUT2D eigenvalue weighted by molar-refractivity contribution is 6.05. The monoisotopic (exact) mass is 412 g/mol. The lowest BCUT2D eigenvalue weighted by molar-refractivity contribution is -0.136. The van der Waals surface area contributed by atoms with E-state index in [1.54, 1.807) is 4.90 Å². The number of fused-ring (bicyclic) bond motifs is 1. The van der Waals surface area contributed by atoms with Crippen molar-refractivity contribution in [3.05, 3.63) is 34.9 Å². The zero-order chi connectivity index (χ0) is 20.7. The molecule has 3 fully saturated rings. The number of hydrogen-bond donors (Lipinski definition) is 2. The van der Waals surface area contributed by atoms with Gasteiger partial charge in [0.15, 0.2) is 0 Å². The van der Waals surface area contributed by atoms with Gasteiger partial charge in [0.1, 0.15) is 6.04 Å². The maximum atomic E-state index is 13.1. The van der Waals surface area contributed by atoms with Gasteiger partial charge in [0.05, 0.1) is 0 Å². The molecular formula is C22H28N4O4. The number of rotatable bonds is 3. The number of imide groups is 1. The molecule has 1 spiro atoms. The number of nitrogens with zero attached hydrogens (tertiary/aromatic N) is 2. The number of carbonyl (C=O) groups is 3. The van der Waals surface area contributed by atoms with Crippen LogP contribution in [0.4, 0.5) is 0 Å². The fourth-order valence-electron chi connectivity index (χ4n) is 5.38. The van der Waals surface area contributed by atoms with E-state index in [9.17, 15) is 14.4 Å². The van der Waals surface area contributed by atoms with Gasteiger partial charge >= 0.3 is 0 Å². The molecule has 3 amide bonds. The van der Waals surface area contributed by atoms with Crippen molar-refractivity contribution in [1.82, 2.24) is 20.4 Å². The summed E-state index contributed by atoms with van der Waals surface area (Å²) < 4.78 is 5.61. The van der Waals surface area contributed by atoms with E-state index in [0.29, 0.717) is 18.5 Å². The van der Waals surface area contributed by atoms with Gasteiger partial charge in [-0.2, -0.15) is 0 Å². The molecule has 0 saturated carbocycles. The molecule has 8 nitrogen and oxygen atoms in total. The molecule has 4 heterocycles. The largest absolute Gasteiger partial charge is 0.381 e. The van der Waals surface area contributed by atoms with Crippen LogP contribution in [0.2, 0.25) is 0 Å². The number of piperazine rings is 1. The molecule has 8 heteroatoms. The number of carbonyl (C=O) groups excluding carboxylic acids is 3. The second-order valence-electron chi connectivity index (χ2n) is 8.78. The Hall–Kier alpha value is -2.29. The second kappa shape index (κ2) is 7.76. The fourth-order valence-corrected chi connectivity index (χ4v) is 5.38. The molecule has 1 atom stereocenters. The summed E-state index contributed by atoms with van der Waals surface area (Å²) >= 11 is 0. The lowest BCUT2D eigenvalue weighted by atomic mass is 9.85. The molecule has 0 aromatic heterocycles. The first-order valence-corrected chi connectivity index (χ1v) is 10.9. The van der Waals surface area contributed by atoms with Gasteiger partial charge in [-0.15, -0.1) is 0 Å². The van der Waals surface area contributed by atoms with E-state index in [4.69, 9.17) is 4.74 Å². The van der Waals surface area contributed by atoms with Crippen molar-refractivity contribution in [2.24, 2.45) is 0 Å². The Kier molecular flexibility index (Phi) is 5.08. The molecule has 160 valence electrons. The predicted molar refractivity (Wildman–Crippen MR) is 109 cm³/mol. The van der Waals surface area contributed by atoms with Gasteiger partial charge in [-0.3, -0.25) is 24.6 Å². The minimum atomic E-state index is -0.573. The van der Waals surface area contributed by atoms with Gasteiger partial charge in [-0.1, -0.05) is 12.1 Å². The third-order valence-corrected chi connectivity index (χ3v) is 7.15. The molecule has 0 aliphatic carbocycles. The topological polar surface area (TPSA) is 91.0 Å². The van der Waals surface area contributed by atoms with Gasteiger partial charge in [0, 0.05) is 63.5 Å². The van der Waals surface area contributed by atoms with Gasteiger partial charge < -0.3 is 15.0 Å². The summed E-state index contributed by atoms with van der Waals surface area (Å²) in [6.45, 7) is 5.68. The van der Waals surface area contributed by atoms with Crippen molar-refractivity contribution in [1.29, 1.82) is 0 Å². The van der Waals surface area contributed by atoms with Gasteiger partial charge in [-0.25, -0.2) is 0 Å². The molecule has 1 unspecified atom stereocenters. The lowest BCUT2D eigenvalue weighted by Gasteiger charge is -2.49. The third-order valence-electron chi connectivity index (χ3n) is 7.15. The summed E-state index contributed by atoms with van der Waals surface area (Å²) in [5.41, 5.74) is 2.97. The SMILES string of the molecule is O=C1CCC(N2Cc3c(CN4CCNCC45CCOCC5)cccc3C2=O)C(=O)N1. The molecule has 2 N–H and O–H groups in total. The Morgan fingerprint density at radius 1 is 1.17 bits per heavy atom. The maximum Gasteiger partial charge on any atom is 0.255 e. The Balaban J connectivity index is 1.39. The van der Waals surface area contributed by atoms with Gasteiger partial charge in [0.25, 0.3) is 5.91 Å². The van der Waals surface area contributed by atoms with Crippen molar-refractivity contribution in [3.63, 3.8) is 0 Å². The van der Waals surface area contributed by atoms with Crippen LogP contribution < -0.4 is 10.6 Å². The minimum absolute atomic E-state index is 0.102. The average Bonchev–Trinajstić information content (AvgIpc) is 3.08. The molecule has 1 aromatic rings. The molecular weight excluding hydrogens is 384 g/mol. The summed E-state index contributed by atoms with van der Waals surface area (Å²) in [6, 6.07) is 5.33. The average molecular weight is 412 g/mol. The van der Waals surface area contributed by atoms with Crippen LogP contribution in [0.25, 0.3) is 0 Å². The summed E-state index contributed by atoms with van der Waals surface area (Å²) in [4.78, 5) is 41.1. The molecule has 0 bridgehead atoms. The molecule has 4 aliphatic heterocycles. The predicted octanol–water partition coefficient (Wildman–Crippen LogP) is 0.402. The minimum Gasteiger partial charge on any atom is -0.381 e. The zero-order valence-corrected chi connectivity index (χ0v) is 17.1. The van der Waals surface area contributed by atoms with Crippen molar-refractivity contribution in [3.8, 4) is 0 Å². The Morgan fingerprint density at radius 2 is 2.00 bits per heavy atom. The number of benzene rings is 1. The molecule has 0 radical (unpaired) electrons. The number of piperidine rings is 1. The van der Waals surface area contributed by atoms with Crippen molar-refractivity contribution in [2.45, 2.75) is 50.4 Å². The number of ether oxygens (including phenoxy) is 1. The summed E-state index contributed by atoms with van der Waals surface area (Å²) in [7, 11) is 0. The highest BCUT2D eigenvalue weighted by Crippen LogP contribution is 2.34. The Labute approximate surface area is 175 Å². The van der Waals surface area contributed by atoms with Crippen LogP contribution in [0.1, 0.15) is 47.2 Å². The summed E-state index contributed by atoms with van der Waals surface area (Å²) in [5.74, 6) is -0.735. The first-order valence-electron chi connectivity index (χ1n) is 10.9. The number of nitrogens with one attached hydrogen (secondary N) is 2. The summed E-state index contributed by atoms with van der Waals surface area (Å²) in [5, 5.41) is 5.92. The van der Waals surface area contributed by atoms with Crippen molar-refractivity contribution >= 4 is 17.7 Å². The van der Waals surface area contributed by atoms with E-state index in [1.165, 1.54) is 0 Å². The van der Waals surface area contributed by atoms with Crippen LogP contribution in [0.5, 0.6) is 0 Å². The van der Waals surface area contributed by atoms with E-state index < -0.39 is 6.04 Å². The Bertz CT molecular complexity index is 872. The van der Waals surface area contributed by atoms with E-state index in [2.05, 4.69) is 21.6 Å². The number of hydrogen-bond acceptors (Lipinski definition) is 6.